The van der Waals surface area contributed by atoms with Crippen LogP contribution in [-0.4, -0.2) is 7.11 Å². The Morgan fingerprint density at radius 1 is 1.55 bits per heavy atom. The lowest BCUT2D eigenvalue weighted by molar-refractivity contribution is 0.404. The topological polar surface area (TPSA) is 35.2 Å². The molecule has 2 nitrogen and oxygen atoms in total. The molecule has 0 bridgehead atoms. The van der Waals surface area contributed by atoms with Gasteiger partial charge in [0.1, 0.15) is 11.6 Å². The highest BCUT2D eigenvalue weighted by Crippen LogP contribution is 2.29. The maximum atomic E-state index is 12.7. The second kappa shape index (κ2) is 3.00. The molecular formula is C7H8FNOS. The summed E-state index contributed by atoms with van der Waals surface area (Å²) < 4.78 is 17.5. The van der Waals surface area contributed by atoms with Crippen LogP contribution in [0.1, 0.15) is 0 Å². The van der Waals surface area contributed by atoms with E-state index in [-0.39, 0.29) is 5.69 Å². The molecule has 60 valence electrons. The van der Waals surface area contributed by atoms with Crippen LogP contribution in [0.3, 0.4) is 0 Å². The first kappa shape index (κ1) is 8.20. The lowest BCUT2D eigenvalue weighted by Crippen LogP contribution is -1.94. The van der Waals surface area contributed by atoms with E-state index in [1.807, 2.05) is 0 Å². The predicted molar refractivity (Wildman–Crippen MR) is 44.6 cm³/mol. The SMILES string of the molecule is COc1ccc(F)c(N)c1S. The molecule has 4 heteroatoms. The maximum absolute atomic E-state index is 12.7. The predicted octanol–water partition coefficient (Wildman–Crippen LogP) is 1.71. The molecule has 1 aromatic rings. The molecule has 0 saturated heterocycles. The van der Waals surface area contributed by atoms with Crippen LogP contribution in [0.4, 0.5) is 10.1 Å². The summed E-state index contributed by atoms with van der Waals surface area (Å²) in [4.78, 5) is 0.340. The van der Waals surface area contributed by atoms with Gasteiger partial charge >= 0.3 is 0 Å². The van der Waals surface area contributed by atoms with E-state index in [9.17, 15) is 4.39 Å². The van der Waals surface area contributed by atoms with Crippen molar-refractivity contribution in [2.45, 2.75) is 4.90 Å². The lowest BCUT2D eigenvalue weighted by Gasteiger charge is -2.05. The number of ether oxygens (including phenoxy) is 1. The summed E-state index contributed by atoms with van der Waals surface area (Å²) in [6.45, 7) is 0. The number of halogens is 1. The number of anilines is 1. The Kier molecular flexibility index (Phi) is 2.24. The molecular weight excluding hydrogens is 165 g/mol. The number of nitrogen functional groups attached to an aromatic ring is 1. The van der Waals surface area contributed by atoms with Crippen molar-refractivity contribution in [2.75, 3.05) is 12.8 Å². The van der Waals surface area contributed by atoms with Crippen LogP contribution < -0.4 is 10.5 Å². The third-order valence-corrected chi connectivity index (χ3v) is 1.81. The molecule has 1 rings (SSSR count). The number of nitrogens with two attached hydrogens (primary N) is 1. The van der Waals surface area contributed by atoms with Crippen LogP contribution in [0, 0.1) is 5.82 Å². The number of rotatable bonds is 1. The fraction of sp³-hybridized carbons (Fsp3) is 0.143. The lowest BCUT2D eigenvalue weighted by atomic mass is 10.3. The summed E-state index contributed by atoms with van der Waals surface area (Å²) >= 11 is 3.97. The van der Waals surface area contributed by atoms with Crippen LogP contribution in [0.2, 0.25) is 0 Å². The standard InChI is InChI=1S/C7H8FNOS/c1-10-5-3-2-4(8)6(9)7(5)11/h2-3,11H,9H2,1H3. The smallest absolute Gasteiger partial charge is 0.147 e. The molecule has 0 atom stereocenters. The molecule has 0 spiro atoms. The van der Waals surface area contributed by atoms with Gasteiger partial charge < -0.3 is 10.5 Å². The first-order valence-electron chi connectivity index (χ1n) is 2.97. The minimum Gasteiger partial charge on any atom is -0.496 e. The minimum absolute atomic E-state index is 0.0210. The third-order valence-electron chi connectivity index (χ3n) is 1.35. The van der Waals surface area contributed by atoms with E-state index in [4.69, 9.17) is 10.5 Å². The zero-order valence-corrected chi connectivity index (χ0v) is 6.86. The van der Waals surface area contributed by atoms with Crippen molar-refractivity contribution in [3.8, 4) is 5.75 Å². The fourth-order valence-electron chi connectivity index (χ4n) is 0.728. The van der Waals surface area contributed by atoms with Gasteiger partial charge in [0.15, 0.2) is 0 Å². The molecule has 1 aromatic carbocycles. The Bertz CT molecular complexity index is 277. The normalized spacial score (nSPS) is 9.73. The molecule has 2 N–H and O–H groups in total. The van der Waals surface area contributed by atoms with Crippen molar-refractivity contribution in [2.24, 2.45) is 0 Å². The van der Waals surface area contributed by atoms with Gasteiger partial charge in [0.2, 0.25) is 0 Å². The van der Waals surface area contributed by atoms with E-state index >= 15 is 0 Å². The Morgan fingerprint density at radius 3 is 2.73 bits per heavy atom. The largest absolute Gasteiger partial charge is 0.496 e. The summed E-state index contributed by atoms with van der Waals surface area (Å²) in [5, 5.41) is 0. The summed E-state index contributed by atoms with van der Waals surface area (Å²) in [6, 6.07) is 2.72. The van der Waals surface area contributed by atoms with Crippen LogP contribution in [0.25, 0.3) is 0 Å². The molecule has 0 aliphatic carbocycles. The van der Waals surface area contributed by atoms with Crippen LogP contribution in [0.5, 0.6) is 5.75 Å². The van der Waals surface area contributed by atoms with Crippen LogP contribution in [0.15, 0.2) is 17.0 Å². The van der Waals surface area contributed by atoms with E-state index in [2.05, 4.69) is 12.6 Å². The maximum Gasteiger partial charge on any atom is 0.147 e. The molecule has 0 amide bonds. The van der Waals surface area contributed by atoms with Crippen LogP contribution in [-0.2, 0) is 0 Å². The van der Waals surface area contributed by atoms with E-state index < -0.39 is 5.82 Å². The highest BCUT2D eigenvalue weighted by atomic mass is 32.1. The molecule has 0 aromatic heterocycles. The molecule has 0 saturated carbocycles. The van der Waals surface area contributed by atoms with Crippen molar-refractivity contribution in [3.63, 3.8) is 0 Å². The average Bonchev–Trinajstić information content (AvgIpc) is 2.01. The zero-order chi connectivity index (χ0) is 8.43. The first-order valence-corrected chi connectivity index (χ1v) is 3.42. The summed E-state index contributed by atoms with van der Waals surface area (Å²) in [5.74, 6) is 0.00281. The Hall–Kier alpha value is -0.900. The van der Waals surface area contributed by atoms with E-state index in [0.29, 0.717) is 10.6 Å². The second-order valence-electron chi connectivity index (χ2n) is 2.01. The number of hydrogen-bond acceptors (Lipinski definition) is 3. The zero-order valence-electron chi connectivity index (χ0n) is 5.97. The summed E-state index contributed by atoms with van der Waals surface area (Å²) in [5.41, 5.74) is 5.35. The number of benzene rings is 1. The van der Waals surface area contributed by atoms with E-state index in [0.717, 1.165) is 0 Å². The van der Waals surface area contributed by atoms with Crippen molar-refractivity contribution in [3.05, 3.63) is 17.9 Å². The van der Waals surface area contributed by atoms with Crippen molar-refractivity contribution < 1.29 is 9.13 Å². The average molecular weight is 173 g/mol. The monoisotopic (exact) mass is 173 g/mol. The van der Waals surface area contributed by atoms with Gasteiger partial charge in [-0.3, -0.25) is 0 Å². The van der Waals surface area contributed by atoms with Gasteiger partial charge in [0, 0.05) is 0 Å². The molecule has 0 aliphatic rings. The Balaban J connectivity index is 3.25. The number of methoxy groups -OCH3 is 1. The first-order chi connectivity index (χ1) is 5.16. The molecule has 0 unspecified atom stereocenters. The highest BCUT2D eigenvalue weighted by Gasteiger charge is 2.06. The Morgan fingerprint density at radius 2 is 2.18 bits per heavy atom. The minimum atomic E-state index is -0.476. The van der Waals surface area contributed by atoms with Crippen molar-refractivity contribution >= 4 is 18.3 Å². The number of hydrogen-bond donors (Lipinski definition) is 2. The van der Waals surface area contributed by atoms with Gasteiger partial charge in [-0.25, -0.2) is 4.39 Å². The summed E-state index contributed by atoms with van der Waals surface area (Å²) in [6.07, 6.45) is 0. The van der Waals surface area contributed by atoms with Gasteiger partial charge in [0.25, 0.3) is 0 Å². The Labute approximate surface area is 69.6 Å². The van der Waals surface area contributed by atoms with Gasteiger partial charge in [-0.2, -0.15) is 0 Å². The third kappa shape index (κ3) is 1.40. The molecule has 11 heavy (non-hydrogen) atoms. The fourth-order valence-corrected chi connectivity index (χ4v) is 1.00. The van der Waals surface area contributed by atoms with Gasteiger partial charge in [-0.1, -0.05) is 0 Å². The van der Waals surface area contributed by atoms with Gasteiger partial charge in [-0.15, -0.1) is 12.6 Å². The molecule has 0 radical (unpaired) electrons. The van der Waals surface area contributed by atoms with Crippen molar-refractivity contribution in [1.82, 2.24) is 0 Å². The summed E-state index contributed by atoms with van der Waals surface area (Å²) in [7, 11) is 1.48. The van der Waals surface area contributed by atoms with Gasteiger partial charge in [-0.05, 0) is 12.1 Å². The highest BCUT2D eigenvalue weighted by molar-refractivity contribution is 7.80. The molecule has 0 fully saturated rings. The second-order valence-corrected chi connectivity index (χ2v) is 2.46. The molecule has 0 aliphatic heterocycles. The van der Waals surface area contributed by atoms with Crippen LogP contribution >= 0.6 is 12.6 Å². The quantitative estimate of drug-likeness (QED) is 0.501. The molecule has 0 heterocycles. The van der Waals surface area contributed by atoms with E-state index in [1.165, 1.54) is 19.2 Å². The van der Waals surface area contributed by atoms with E-state index in [1.54, 1.807) is 0 Å². The van der Waals surface area contributed by atoms with Crippen molar-refractivity contribution in [1.29, 1.82) is 0 Å². The van der Waals surface area contributed by atoms with Gasteiger partial charge in [0.05, 0.1) is 17.7 Å². The number of thiol groups is 1.